The minimum absolute atomic E-state index is 0.0402. The molecule has 0 aromatic heterocycles. The molecule has 1 aliphatic heterocycles. The quantitative estimate of drug-likeness (QED) is 0.373. The fourth-order valence-corrected chi connectivity index (χ4v) is 7.96. The summed E-state index contributed by atoms with van der Waals surface area (Å²) in [6.45, 7) is 10.1. The van der Waals surface area contributed by atoms with E-state index in [2.05, 4.69) is 27.7 Å². The van der Waals surface area contributed by atoms with Crippen LogP contribution in [0.4, 0.5) is 0 Å². The summed E-state index contributed by atoms with van der Waals surface area (Å²) < 4.78 is 12.4. The van der Waals surface area contributed by atoms with E-state index in [1.54, 1.807) is 0 Å². The van der Waals surface area contributed by atoms with Gasteiger partial charge >= 0.3 is 5.97 Å². The van der Waals surface area contributed by atoms with Crippen molar-refractivity contribution in [3.63, 3.8) is 0 Å². The van der Waals surface area contributed by atoms with E-state index in [-0.39, 0.29) is 24.9 Å². The molecular formula is C31H56O5. The standard InChI is InChI=1S/C31H56O5/c1-5-27-23(4)20-26(36-29-14-6-7-19-35-29)13-9-12-25-11-8-10-24(21(2)16-18-28(32)33)17-15-22(3)30(25)31(27)34/h21-27,29-31,34H,5-20H2,1-4H3,(H,32,33)/t21-,22?,23+,24?,25?,26-,27-,29?,30?,31-/m1/s1. The van der Waals surface area contributed by atoms with Crippen molar-refractivity contribution in [2.75, 3.05) is 6.61 Å². The van der Waals surface area contributed by atoms with Gasteiger partial charge in [-0.05, 0) is 92.8 Å². The first-order chi connectivity index (χ1) is 17.3. The summed E-state index contributed by atoms with van der Waals surface area (Å²) in [5, 5.41) is 21.1. The molecule has 10 atom stereocenters. The number of hydrogen-bond acceptors (Lipinski definition) is 4. The number of carboxylic acids is 1. The number of aliphatic hydroxyl groups is 1. The third-order valence-corrected chi connectivity index (χ3v) is 10.2. The molecule has 2 aliphatic carbocycles. The Morgan fingerprint density at radius 1 is 0.972 bits per heavy atom. The van der Waals surface area contributed by atoms with Crippen molar-refractivity contribution in [3.05, 3.63) is 0 Å². The van der Waals surface area contributed by atoms with Crippen molar-refractivity contribution >= 4 is 5.97 Å². The fourth-order valence-electron chi connectivity index (χ4n) is 7.96. The van der Waals surface area contributed by atoms with Crippen LogP contribution in [0.15, 0.2) is 0 Å². The van der Waals surface area contributed by atoms with Gasteiger partial charge in [0, 0.05) is 13.0 Å². The second-order valence-corrected chi connectivity index (χ2v) is 12.8. The van der Waals surface area contributed by atoms with Gasteiger partial charge in [-0.2, -0.15) is 0 Å². The molecule has 1 heterocycles. The maximum absolute atomic E-state index is 11.9. The van der Waals surface area contributed by atoms with Crippen molar-refractivity contribution in [2.24, 2.45) is 41.4 Å². The van der Waals surface area contributed by atoms with Gasteiger partial charge in [0.15, 0.2) is 6.29 Å². The van der Waals surface area contributed by atoms with Crippen LogP contribution in [0.25, 0.3) is 0 Å². The molecule has 3 fully saturated rings. The summed E-state index contributed by atoms with van der Waals surface area (Å²) in [5.41, 5.74) is 0. The molecule has 0 aromatic rings. The molecule has 1 saturated heterocycles. The van der Waals surface area contributed by atoms with Gasteiger partial charge in [0.05, 0.1) is 12.2 Å². The number of fused-ring (bicyclic) bond motifs is 1. The van der Waals surface area contributed by atoms with Gasteiger partial charge in [-0.15, -0.1) is 0 Å². The SMILES string of the molecule is CC[C@@H]1[C@@H](C)C[C@H](OC2CCCCO2)CCCC2CCCC([C@H](C)CCC(=O)O)CCC(C)C2[C@@H]1O. The van der Waals surface area contributed by atoms with E-state index in [1.165, 1.54) is 44.9 Å². The zero-order chi connectivity index (χ0) is 26.1. The summed E-state index contributed by atoms with van der Waals surface area (Å²) in [6, 6.07) is 0. The molecule has 3 rings (SSSR count). The van der Waals surface area contributed by atoms with Crippen molar-refractivity contribution in [1.29, 1.82) is 0 Å². The Morgan fingerprint density at radius 2 is 1.72 bits per heavy atom. The van der Waals surface area contributed by atoms with Crippen LogP contribution >= 0.6 is 0 Å². The Balaban J connectivity index is 1.71. The highest BCUT2D eigenvalue weighted by molar-refractivity contribution is 5.66. The molecule has 5 unspecified atom stereocenters. The molecular weight excluding hydrogens is 452 g/mol. The Labute approximate surface area is 221 Å². The molecule has 210 valence electrons. The van der Waals surface area contributed by atoms with E-state index < -0.39 is 5.97 Å². The Hall–Kier alpha value is -0.650. The van der Waals surface area contributed by atoms with E-state index in [9.17, 15) is 9.90 Å². The number of carboxylic acid groups (broad SMARTS) is 1. The van der Waals surface area contributed by atoms with Gasteiger partial charge in [0.1, 0.15) is 0 Å². The largest absolute Gasteiger partial charge is 0.481 e. The van der Waals surface area contributed by atoms with E-state index in [4.69, 9.17) is 14.6 Å². The molecule has 0 bridgehead atoms. The Kier molecular flexibility index (Phi) is 12.5. The number of ether oxygens (including phenoxy) is 2. The lowest BCUT2D eigenvalue weighted by Gasteiger charge is -2.42. The van der Waals surface area contributed by atoms with Gasteiger partial charge in [-0.3, -0.25) is 4.79 Å². The molecule has 2 saturated carbocycles. The predicted molar refractivity (Wildman–Crippen MR) is 145 cm³/mol. The normalized spacial score (nSPS) is 40.2. The third kappa shape index (κ3) is 8.70. The maximum Gasteiger partial charge on any atom is 0.303 e. The van der Waals surface area contributed by atoms with Crippen LogP contribution in [0.1, 0.15) is 124 Å². The average molecular weight is 509 g/mol. The summed E-state index contributed by atoms with van der Waals surface area (Å²) >= 11 is 0. The number of rotatable bonds is 7. The first-order valence-corrected chi connectivity index (χ1v) is 15.5. The number of carbonyl (C=O) groups is 1. The summed E-state index contributed by atoms with van der Waals surface area (Å²) in [6.07, 6.45) is 15.7. The average Bonchev–Trinajstić information content (AvgIpc) is 2.92. The first kappa shape index (κ1) is 29.9. The van der Waals surface area contributed by atoms with Gasteiger partial charge in [0.2, 0.25) is 0 Å². The summed E-state index contributed by atoms with van der Waals surface area (Å²) in [7, 11) is 0. The van der Waals surface area contributed by atoms with Crippen LogP contribution in [-0.4, -0.2) is 41.3 Å². The Morgan fingerprint density at radius 3 is 2.39 bits per heavy atom. The van der Waals surface area contributed by atoms with E-state index in [1.807, 2.05) is 0 Å². The molecule has 0 aromatic carbocycles. The van der Waals surface area contributed by atoms with E-state index >= 15 is 0 Å². The second-order valence-electron chi connectivity index (χ2n) is 12.8. The van der Waals surface area contributed by atoms with Gasteiger partial charge in [-0.25, -0.2) is 0 Å². The number of aliphatic carboxylic acids is 1. The molecule has 5 nitrogen and oxygen atoms in total. The molecule has 0 radical (unpaired) electrons. The smallest absolute Gasteiger partial charge is 0.303 e. The molecule has 5 heteroatoms. The van der Waals surface area contributed by atoms with Crippen LogP contribution in [0.3, 0.4) is 0 Å². The molecule has 0 spiro atoms. The lowest BCUT2D eigenvalue weighted by Crippen LogP contribution is -2.42. The molecule has 2 N–H and O–H groups in total. The predicted octanol–water partition coefficient (Wildman–Crippen LogP) is 7.45. The number of aliphatic hydroxyl groups excluding tert-OH is 1. The van der Waals surface area contributed by atoms with E-state index in [0.717, 1.165) is 51.6 Å². The van der Waals surface area contributed by atoms with Crippen LogP contribution in [0.2, 0.25) is 0 Å². The summed E-state index contributed by atoms with van der Waals surface area (Å²) in [4.78, 5) is 11.1. The second kappa shape index (κ2) is 15.1. The minimum Gasteiger partial charge on any atom is -0.481 e. The third-order valence-electron chi connectivity index (χ3n) is 10.2. The molecule has 36 heavy (non-hydrogen) atoms. The van der Waals surface area contributed by atoms with Gasteiger partial charge in [0.25, 0.3) is 0 Å². The number of hydrogen-bond donors (Lipinski definition) is 2. The lowest BCUT2D eigenvalue weighted by molar-refractivity contribution is -0.195. The van der Waals surface area contributed by atoms with Crippen molar-refractivity contribution in [3.8, 4) is 0 Å². The van der Waals surface area contributed by atoms with Crippen molar-refractivity contribution in [2.45, 2.75) is 143 Å². The van der Waals surface area contributed by atoms with Crippen LogP contribution < -0.4 is 0 Å². The highest BCUT2D eigenvalue weighted by Gasteiger charge is 2.40. The van der Waals surface area contributed by atoms with Gasteiger partial charge < -0.3 is 19.7 Å². The zero-order valence-corrected chi connectivity index (χ0v) is 23.7. The van der Waals surface area contributed by atoms with Crippen LogP contribution in [0.5, 0.6) is 0 Å². The lowest BCUT2D eigenvalue weighted by atomic mass is 9.66. The van der Waals surface area contributed by atoms with E-state index in [0.29, 0.717) is 41.4 Å². The van der Waals surface area contributed by atoms with Gasteiger partial charge in [-0.1, -0.05) is 66.2 Å². The fraction of sp³-hybridized carbons (Fsp3) is 0.968. The Bertz CT molecular complexity index is 632. The molecule has 0 amide bonds. The van der Waals surface area contributed by atoms with Crippen LogP contribution in [0, 0.1) is 41.4 Å². The topological polar surface area (TPSA) is 76.0 Å². The van der Waals surface area contributed by atoms with Crippen LogP contribution in [-0.2, 0) is 14.3 Å². The highest BCUT2D eigenvalue weighted by Crippen LogP contribution is 2.44. The zero-order valence-electron chi connectivity index (χ0n) is 23.7. The summed E-state index contributed by atoms with van der Waals surface area (Å²) in [5.74, 6) is 2.55. The van der Waals surface area contributed by atoms with Crippen molar-refractivity contribution in [1.82, 2.24) is 0 Å². The van der Waals surface area contributed by atoms with Crippen molar-refractivity contribution < 1.29 is 24.5 Å². The molecule has 3 aliphatic rings. The minimum atomic E-state index is -0.677. The first-order valence-electron chi connectivity index (χ1n) is 15.5. The monoisotopic (exact) mass is 508 g/mol. The highest BCUT2D eigenvalue weighted by atomic mass is 16.7. The maximum atomic E-state index is 11.9.